The first-order valence-corrected chi connectivity index (χ1v) is 11.1. The molecule has 3 rings (SSSR count). The summed E-state index contributed by atoms with van der Waals surface area (Å²) in [4.78, 5) is 37.4. The molecular weight excluding hydrogens is 481 g/mol. The number of anilines is 1. The third-order valence-corrected chi connectivity index (χ3v) is 6.15. The number of halogens is 4. The zero-order valence-corrected chi connectivity index (χ0v) is 19.4. The Hall–Kier alpha value is -2.99. The lowest BCUT2D eigenvalue weighted by Gasteiger charge is -2.13. The maximum Gasteiger partial charge on any atom is 0.418 e. The summed E-state index contributed by atoms with van der Waals surface area (Å²) in [5, 5.41) is 5.01. The first kappa shape index (κ1) is 24.6. The van der Waals surface area contributed by atoms with Gasteiger partial charge in [-0.25, -0.2) is 15.0 Å². The lowest BCUT2D eigenvalue weighted by Crippen LogP contribution is -2.28. The van der Waals surface area contributed by atoms with E-state index in [1.807, 2.05) is 18.4 Å². The summed E-state index contributed by atoms with van der Waals surface area (Å²) in [5.74, 6) is -0.514. The Morgan fingerprint density at radius 1 is 1.15 bits per heavy atom. The zero-order valence-electron chi connectivity index (χ0n) is 17.8. The van der Waals surface area contributed by atoms with Crippen molar-refractivity contribution in [3.63, 3.8) is 0 Å². The highest BCUT2D eigenvalue weighted by molar-refractivity contribution is 7.13. The molecule has 0 aliphatic carbocycles. The third kappa shape index (κ3) is 5.50. The number of nitrogens with zero attached hydrogens (tertiary/aromatic N) is 4. The van der Waals surface area contributed by atoms with E-state index in [0.29, 0.717) is 29.7 Å². The molecule has 2 amide bonds. The van der Waals surface area contributed by atoms with Gasteiger partial charge >= 0.3 is 6.18 Å². The molecule has 0 aliphatic heterocycles. The van der Waals surface area contributed by atoms with Crippen LogP contribution in [-0.4, -0.2) is 31.3 Å². The van der Waals surface area contributed by atoms with Gasteiger partial charge in [0.2, 0.25) is 0 Å². The van der Waals surface area contributed by atoms with Crippen LogP contribution in [0.15, 0.2) is 24.7 Å². The summed E-state index contributed by atoms with van der Waals surface area (Å²) < 4.78 is 40.8. The fourth-order valence-corrected chi connectivity index (χ4v) is 4.08. The Morgan fingerprint density at radius 2 is 1.88 bits per heavy atom. The van der Waals surface area contributed by atoms with Crippen LogP contribution >= 0.6 is 22.9 Å². The summed E-state index contributed by atoms with van der Waals surface area (Å²) in [6, 6.07) is 0.145. The van der Waals surface area contributed by atoms with Gasteiger partial charge in [-0.05, 0) is 19.9 Å². The first-order valence-electron chi connectivity index (χ1n) is 9.90. The van der Waals surface area contributed by atoms with Crippen LogP contribution in [0.5, 0.6) is 0 Å². The van der Waals surface area contributed by atoms with E-state index in [1.165, 1.54) is 12.4 Å². The van der Waals surface area contributed by atoms with Crippen LogP contribution in [-0.2, 0) is 19.1 Å². The van der Waals surface area contributed by atoms with Crippen molar-refractivity contribution in [2.45, 2.75) is 46.0 Å². The van der Waals surface area contributed by atoms with Gasteiger partial charge in [0.25, 0.3) is 11.8 Å². The molecule has 0 radical (unpaired) electrons. The molecule has 176 valence electrons. The van der Waals surface area contributed by atoms with Gasteiger partial charge in [0, 0.05) is 19.2 Å². The second-order valence-electron chi connectivity index (χ2n) is 6.92. The Kier molecular flexibility index (Phi) is 7.38. The van der Waals surface area contributed by atoms with Crippen LogP contribution < -0.4 is 10.6 Å². The van der Waals surface area contributed by atoms with E-state index in [9.17, 15) is 22.8 Å². The van der Waals surface area contributed by atoms with Crippen molar-refractivity contribution < 1.29 is 22.8 Å². The van der Waals surface area contributed by atoms with Crippen molar-refractivity contribution in [2.75, 3.05) is 5.32 Å². The van der Waals surface area contributed by atoms with E-state index in [-0.39, 0.29) is 16.6 Å². The number of amides is 2. The van der Waals surface area contributed by atoms with Crippen LogP contribution in [0.25, 0.3) is 0 Å². The third-order valence-electron chi connectivity index (χ3n) is 4.67. The summed E-state index contributed by atoms with van der Waals surface area (Å²) >= 11 is 6.55. The summed E-state index contributed by atoms with van der Waals surface area (Å²) in [7, 11) is 0. The Labute approximate surface area is 196 Å². The van der Waals surface area contributed by atoms with E-state index >= 15 is 0 Å². The predicted octanol–water partition coefficient (Wildman–Crippen LogP) is 4.73. The van der Waals surface area contributed by atoms with E-state index in [0.717, 1.165) is 23.4 Å². The number of nitrogens with one attached hydrogen (secondary N) is 2. The SMILES string of the molecule is CCc1ncc(C(=O)NC(C)c2ncc(C(=O)Nc3cc(C(F)(F)F)c(Cl)cn3)s2)n1CC. The minimum atomic E-state index is -4.68. The first-order chi connectivity index (χ1) is 15.5. The number of carbonyl (C=O) groups excluding carboxylic acids is 2. The predicted molar refractivity (Wildman–Crippen MR) is 117 cm³/mol. The largest absolute Gasteiger partial charge is 0.418 e. The van der Waals surface area contributed by atoms with Crippen LogP contribution in [0.3, 0.4) is 0 Å². The van der Waals surface area contributed by atoms with Crippen molar-refractivity contribution in [1.82, 2.24) is 24.8 Å². The molecule has 0 fully saturated rings. The summed E-state index contributed by atoms with van der Waals surface area (Å²) in [5.41, 5.74) is -0.682. The normalized spacial score (nSPS) is 12.5. The molecule has 3 heterocycles. The van der Waals surface area contributed by atoms with Crippen molar-refractivity contribution in [3.8, 4) is 0 Å². The number of aromatic nitrogens is 4. The van der Waals surface area contributed by atoms with Crippen LogP contribution in [0.1, 0.15) is 63.4 Å². The highest BCUT2D eigenvalue weighted by atomic mass is 35.5. The van der Waals surface area contributed by atoms with Crippen molar-refractivity contribution in [2.24, 2.45) is 0 Å². The molecule has 0 saturated heterocycles. The minimum absolute atomic E-state index is 0.142. The smallest absolute Gasteiger partial charge is 0.342 e. The second-order valence-corrected chi connectivity index (χ2v) is 8.39. The number of aryl methyl sites for hydroxylation is 1. The molecule has 0 saturated carbocycles. The Morgan fingerprint density at radius 3 is 2.52 bits per heavy atom. The minimum Gasteiger partial charge on any atom is -0.342 e. The molecule has 0 bridgehead atoms. The van der Waals surface area contributed by atoms with Crippen molar-refractivity contribution >= 4 is 40.6 Å². The van der Waals surface area contributed by atoms with Gasteiger partial charge in [-0.1, -0.05) is 18.5 Å². The standard InChI is InChI=1S/C20H20ClF3N6O2S/c1-4-16-26-8-13(30(16)5-2)17(31)28-10(3)19-27-9-14(33-19)18(32)29-15-6-11(20(22,23)24)12(21)7-25-15/h6-10H,4-5H2,1-3H3,(H,28,31)(H,25,29,32). The van der Waals surface area contributed by atoms with Crippen LogP contribution in [0.2, 0.25) is 5.02 Å². The quantitative estimate of drug-likeness (QED) is 0.488. The fraction of sp³-hybridized carbons (Fsp3) is 0.350. The molecule has 3 aromatic heterocycles. The summed E-state index contributed by atoms with van der Waals surface area (Å²) in [6.45, 7) is 6.17. The van der Waals surface area contributed by atoms with Crippen LogP contribution in [0, 0.1) is 0 Å². The number of imidazole rings is 1. The highest BCUT2D eigenvalue weighted by Crippen LogP contribution is 2.35. The fourth-order valence-electron chi connectivity index (χ4n) is 3.06. The lowest BCUT2D eigenvalue weighted by atomic mass is 10.2. The van der Waals surface area contributed by atoms with Gasteiger partial charge in [0.05, 0.1) is 29.0 Å². The number of carbonyl (C=O) groups is 2. The van der Waals surface area contributed by atoms with Gasteiger partial charge in [0.1, 0.15) is 27.2 Å². The van der Waals surface area contributed by atoms with E-state index in [1.54, 1.807) is 6.92 Å². The average Bonchev–Trinajstić information content (AvgIpc) is 3.41. The number of rotatable bonds is 7. The maximum atomic E-state index is 13.0. The molecule has 33 heavy (non-hydrogen) atoms. The van der Waals surface area contributed by atoms with Gasteiger partial charge in [-0.15, -0.1) is 11.3 Å². The number of hydrogen-bond donors (Lipinski definition) is 2. The molecule has 0 aliphatic rings. The number of pyridine rings is 1. The number of alkyl halides is 3. The van der Waals surface area contributed by atoms with E-state index in [2.05, 4.69) is 25.6 Å². The second kappa shape index (κ2) is 9.87. The zero-order chi connectivity index (χ0) is 24.3. The molecular formula is C20H20ClF3N6O2S. The Bertz CT molecular complexity index is 1180. The van der Waals surface area contributed by atoms with Crippen molar-refractivity contribution in [3.05, 3.63) is 56.6 Å². The molecule has 0 spiro atoms. The lowest BCUT2D eigenvalue weighted by molar-refractivity contribution is -0.137. The van der Waals surface area contributed by atoms with Crippen molar-refractivity contribution in [1.29, 1.82) is 0 Å². The molecule has 13 heteroatoms. The number of hydrogen-bond acceptors (Lipinski definition) is 6. The maximum absolute atomic E-state index is 13.0. The highest BCUT2D eigenvalue weighted by Gasteiger charge is 2.34. The monoisotopic (exact) mass is 500 g/mol. The molecule has 0 aromatic carbocycles. The molecule has 3 aromatic rings. The molecule has 1 unspecified atom stereocenters. The van der Waals surface area contributed by atoms with E-state index in [4.69, 9.17) is 11.6 Å². The molecule has 8 nitrogen and oxygen atoms in total. The van der Waals surface area contributed by atoms with Gasteiger partial charge in [-0.3, -0.25) is 9.59 Å². The summed E-state index contributed by atoms with van der Waals surface area (Å²) in [6.07, 6.45) is -0.380. The average molecular weight is 501 g/mol. The number of thiazole rings is 1. The van der Waals surface area contributed by atoms with Gasteiger partial charge in [0.15, 0.2) is 0 Å². The van der Waals surface area contributed by atoms with Crippen LogP contribution in [0.4, 0.5) is 19.0 Å². The Balaban J connectivity index is 1.70. The molecule has 2 N–H and O–H groups in total. The van der Waals surface area contributed by atoms with Gasteiger partial charge < -0.3 is 15.2 Å². The van der Waals surface area contributed by atoms with Gasteiger partial charge in [-0.2, -0.15) is 13.2 Å². The molecule has 1 atom stereocenters. The topological polar surface area (TPSA) is 102 Å². The van der Waals surface area contributed by atoms with E-state index < -0.39 is 28.7 Å².